The van der Waals surface area contributed by atoms with Crippen LogP contribution in [0.15, 0.2) is 12.1 Å². The smallest absolute Gasteiger partial charge is 0.272 e. The molecule has 0 aliphatic carbocycles. The van der Waals surface area contributed by atoms with Crippen molar-refractivity contribution in [3.05, 3.63) is 33.6 Å². The molecule has 0 aliphatic rings. The zero-order chi connectivity index (χ0) is 16.2. The van der Waals surface area contributed by atoms with Gasteiger partial charge in [-0.05, 0) is 6.42 Å². The maximum Gasteiger partial charge on any atom is 0.272 e. The van der Waals surface area contributed by atoms with Crippen molar-refractivity contribution in [3.63, 3.8) is 0 Å². The molecule has 116 valence electrons. The van der Waals surface area contributed by atoms with Gasteiger partial charge in [-0.1, -0.05) is 0 Å². The molecule has 8 nitrogen and oxygen atoms in total. The van der Waals surface area contributed by atoms with Crippen LogP contribution in [0.5, 0.6) is 0 Å². The summed E-state index contributed by atoms with van der Waals surface area (Å²) in [6, 6.07) is 1.54. The van der Waals surface area contributed by atoms with Gasteiger partial charge in [0.2, 0.25) is 5.91 Å². The number of aliphatic hydroxyl groups excluding tert-OH is 2. The van der Waals surface area contributed by atoms with E-state index >= 15 is 0 Å². The molecule has 1 amide bonds. The molecular formula is C12H16FN3O5. The molecule has 1 aromatic rings. The first kappa shape index (κ1) is 16.8. The number of hydrogen-bond donors (Lipinski definition) is 4. The number of nitro groups is 1. The van der Waals surface area contributed by atoms with E-state index in [-0.39, 0.29) is 24.4 Å². The number of nitrogen functional groups attached to an aromatic ring is 1. The van der Waals surface area contributed by atoms with Gasteiger partial charge in [0, 0.05) is 25.1 Å². The Hall–Kier alpha value is -2.26. The summed E-state index contributed by atoms with van der Waals surface area (Å²) in [4.78, 5) is 20.5. The number of nitrogens with zero attached hydrogens (tertiary/aromatic N) is 1. The van der Waals surface area contributed by atoms with Gasteiger partial charge in [0.25, 0.3) is 5.69 Å². The second kappa shape index (κ2) is 6.95. The van der Waals surface area contributed by atoms with Crippen LogP contribution >= 0.6 is 0 Å². The zero-order valence-corrected chi connectivity index (χ0v) is 11.2. The number of halogens is 1. The number of nitrogens with two attached hydrogens (primary N) is 1. The number of carbonyl (C=O) groups is 1. The van der Waals surface area contributed by atoms with Crippen LogP contribution in [0.25, 0.3) is 0 Å². The second-order valence-corrected chi connectivity index (χ2v) is 4.47. The van der Waals surface area contributed by atoms with Crippen LogP contribution in [0.1, 0.15) is 25.0 Å². The molecule has 0 saturated carbocycles. The number of rotatable bonds is 6. The summed E-state index contributed by atoms with van der Waals surface area (Å²) >= 11 is 0. The first-order valence-corrected chi connectivity index (χ1v) is 6.08. The number of benzene rings is 1. The SMILES string of the molecule is CC(=O)NCCC(O)C(O)c1cc([N+](=O)[O-])cc(F)c1N. The van der Waals surface area contributed by atoms with E-state index in [9.17, 15) is 29.5 Å². The minimum Gasteiger partial charge on any atom is -0.396 e. The summed E-state index contributed by atoms with van der Waals surface area (Å²) in [7, 11) is 0. The summed E-state index contributed by atoms with van der Waals surface area (Å²) in [6.07, 6.45) is -2.99. The number of nitro benzene ring substituents is 1. The third-order valence-electron chi connectivity index (χ3n) is 2.85. The third kappa shape index (κ3) is 4.36. The number of anilines is 1. The lowest BCUT2D eigenvalue weighted by molar-refractivity contribution is -0.385. The van der Waals surface area contributed by atoms with E-state index in [0.29, 0.717) is 6.07 Å². The zero-order valence-electron chi connectivity index (χ0n) is 11.2. The molecule has 21 heavy (non-hydrogen) atoms. The fraction of sp³-hybridized carbons (Fsp3) is 0.417. The van der Waals surface area contributed by atoms with Gasteiger partial charge < -0.3 is 21.3 Å². The number of aliphatic hydroxyl groups is 2. The topological polar surface area (TPSA) is 139 Å². The van der Waals surface area contributed by atoms with Crippen molar-refractivity contribution < 1.29 is 24.3 Å². The highest BCUT2D eigenvalue weighted by molar-refractivity contribution is 5.72. The molecule has 1 rings (SSSR count). The maximum atomic E-state index is 13.5. The van der Waals surface area contributed by atoms with Crippen LogP contribution in [-0.2, 0) is 4.79 Å². The molecule has 2 atom stereocenters. The first-order valence-electron chi connectivity index (χ1n) is 6.08. The van der Waals surface area contributed by atoms with E-state index in [1.165, 1.54) is 6.92 Å². The Morgan fingerprint density at radius 2 is 2.14 bits per heavy atom. The molecule has 0 aromatic heterocycles. The van der Waals surface area contributed by atoms with E-state index in [2.05, 4.69) is 5.32 Å². The molecule has 5 N–H and O–H groups in total. The quantitative estimate of drug-likeness (QED) is 0.337. The van der Waals surface area contributed by atoms with Crippen molar-refractivity contribution >= 4 is 17.3 Å². The van der Waals surface area contributed by atoms with Gasteiger partial charge >= 0.3 is 0 Å². The molecular weight excluding hydrogens is 285 g/mol. The van der Waals surface area contributed by atoms with E-state index in [0.717, 1.165) is 6.07 Å². The number of non-ortho nitro benzene ring substituents is 1. The van der Waals surface area contributed by atoms with Gasteiger partial charge in [-0.15, -0.1) is 0 Å². The number of carbonyl (C=O) groups excluding carboxylic acids is 1. The predicted octanol–water partition coefficient (Wildman–Crippen LogP) is 0.237. The lowest BCUT2D eigenvalue weighted by Gasteiger charge is -2.19. The highest BCUT2D eigenvalue weighted by atomic mass is 19.1. The third-order valence-corrected chi connectivity index (χ3v) is 2.85. The van der Waals surface area contributed by atoms with Gasteiger partial charge in [0.15, 0.2) is 5.82 Å². The lowest BCUT2D eigenvalue weighted by Crippen LogP contribution is -2.28. The van der Waals surface area contributed by atoms with E-state index in [1.807, 2.05) is 0 Å². The molecule has 1 aromatic carbocycles. The average Bonchev–Trinajstić information content (AvgIpc) is 2.40. The van der Waals surface area contributed by atoms with Crippen molar-refractivity contribution in [1.29, 1.82) is 0 Å². The summed E-state index contributed by atoms with van der Waals surface area (Å²) in [6.45, 7) is 1.38. The van der Waals surface area contributed by atoms with Crippen LogP contribution in [0.3, 0.4) is 0 Å². The Bertz CT molecular complexity index is 552. The van der Waals surface area contributed by atoms with E-state index in [4.69, 9.17) is 5.73 Å². The minimum atomic E-state index is -1.60. The fourth-order valence-electron chi connectivity index (χ4n) is 1.74. The minimum absolute atomic E-state index is 0.0233. The maximum absolute atomic E-state index is 13.5. The van der Waals surface area contributed by atoms with Crippen molar-refractivity contribution in [2.24, 2.45) is 0 Å². The standard InChI is InChI=1S/C12H16FN3O5/c1-6(17)15-3-2-10(18)12(19)8-4-7(16(20)21)5-9(13)11(8)14/h4-5,10,12,18-19H,2-3,14H2,1H3,(H,15,17). The highest BCUT2D eigenvalue weighted by Gasteiger charge is 2.25. The second-order valence-electron chi connectivity index (χ2n) is 4.47. The number of hydrogen-bond acceptors (Lipinski definition) is 6. The van der Waals surface area contributed by atoms with E-state index in [1.54, 1.807) is 0 Å². The molecule has 9 heteroatoms. The van der Waals surface area contributed by atoms with Crippen molar-refractivity contribution in [3.8, 4) is 0 Å². The van der Waals surface area contributed by atoms with Gasteiger partial charge in [-0.25, -0.2) is 4.39 Å². The monoisotopic (exact) mass is 301 g/mol. The Morgan fingerprint density at radius 1 is 1.52 bits per heavy atom. The van der Waals surface area contributed by atoms with Crippen LogP contribution < -0.4 is 11.1 Å². The Morgan fingerprint density at radius 3 is 2.67 bits per heavy atom. The first-order chi connectivity index (χ1) is 9.73. The molecule has 0 bridgehead atoms. The number of amides is 1. The molecule has 0 fully saturated rings. The molecule has 0 heterocycles. The summed E-state index contributed by atoms with van der Waals surface area (Å²) in [5, 5.41) is 32.8. The Balaban J connectivity index is 2.92. The normalized spacial score (nSPS) is 13.5. The van der Waals surface area contributed by atoms with Crippen molar-refractivity contribution in [2.75, 3.05) is 12.3 Å². The fourth-order valence-corrected chi connectivity index (χ4v) is 1.74. The molecule has 0 saturated heterocycles. The Kier molecular flexibility index (Phi) is 5.56. The summed E-state index contributed by atoms with van der Waals surface area (Å²) in [5.41, 5.74) is 4.12. The van der Waals surface area contributed by atoms with Gasteiger partial charge in [-0.3, -0.25) is 14.9 Å². The highest BCUT2D eigenvalue weighted by Crippen LogP contribution is 2.30. The molecule has 0 radical (unpaired) electrons. The van der Waals surface area contributed by atoms with Crippen LogP contribution in [0, 0.1) is 15.9 Å². The van der Waals surface area contributed by atoms with Crippen LogP contribution in [0.2, 0.25) is 0 Å². The van der Waals surface area contributed by atoms with Crippen molar-refractivity contribution in [1.82, 2.24) is 5.32 Å². The van der Waals surface area contributed by atoms with Gasteiger partial charge in [0.05, 0.1) is 22.8 Å². The molecule has 0 aliphatic heterocycles. The summed E-state index contributed by atoms with van der Waals surface area (Å²) < 4.78 is 13.5. The lowest BCUT2D eigenvalue weighted by atomic mass is 9.99. The van der Waals surface area contributed by atoms with Gasteiger partial charge in [-0.2, -0.15) is 0 Å². The van der Waals surface area contributed by atoms with Crippen molar-refractivity contribution in [2.45, 2.75) is 25.6 Å². The van der Waals surface area contributed by atoms with Gasteiger partial charge in [0.1, 0.15) is 6.10 Å². The predicted molar refractivity (Wildman–Crippen MR) is 71.7 cm³/mol. The van der Waals surface area contributed by atoms with Crippen LogP contribution in [0.4, 0.5) is 15.8 Å². The Labute approximate surface area is 119 Å². The average molecular weight is 301 g/mol. The molecule has 0 spiro atoms. The summed E-state index contributed by atoms with van der Waals surface area (Å²) in [5.74, 6) is -1.36. The molecule has 2 unspecified atom stereocenters. The van der Waals surface area contributed by atoms with Crippen LogP contribution in [-0.4, -0.2) is 33.7 Å². The number of nitrogens with one attached hydrogen (secondary N) is 1. The van der Waals surface area contributed by atoms with E-state index < -0.39 is 34.3 Å². The largest absolute Gasteiger partial charge is 0.396 e.